The Balaban J connectivity index is 1.80. The SMILES string of the molecule is CC(CNCc1ccccc1)C(N)c1ccccc1. The fourth-order valence-electron chi connectivity index (χ4n) is 2.17. The summed E-state index contributed by atoms with van der Waals surface area (Å²) in [5, 5.41) is 3.47. The van der Waals surface area contributed by atoms with Crippen LogP contribution in [-0.2, 0) is 6.54 Å². The molecule has 2 atom stereocenters. The predicted octanol–water partition coefficient (Wildman–Crippen LogP) is 3.11. The summed E-state index contributed by atoms with van der Waals surface area (Å²) in [6.45, 7) is 4.01. The molecule has 3 N–H and O–H groups in total. The summed E-state index contributed by atoms with van der Waals surface area (Å²) in [6, 6.07) is 20.8. The summed E-state index contributed by atoms with van der Waals surface area (Å²) in [5.41, 5.74) is 8.79. The smallest absolute Gasteiger partial charge is 0.0333 e. The molecular formula is C17H22N2. The Hall–Kier alpha value is -1.64. The van der Waals surface area contributed by atoms with Gasteiger partial charge in [0.2, 0.25) is 0 Å². The normalized spacial score (nSPS) is 14.0. The van der Waals surface area contributed by atoms with Crippen molar-refractivity contribution in [3.63, 3.8) is 0 Å². The second kappa shape index (κ2) is 7.07. The van der Waals surface area contributed by atoms with E-state index in [0.29, 0.717) is 5.92 Å². The van der Waals surface area contributed by atoms with Gasteiger partial charge in [-0.3, -0.25) is 0 Å². The van der Waals surface area contributed by atoms with Gasteiger partial charge in [-0.25, -0.2) is 0 Å². The van der Waals surface area contributed by atoms with Gasteiger partial charge in [-0.05, 0) is 23.6 Å². The van der Waals surface area contributed by atoms with Crippen LogP contribution < -0.4 is 11.1 Å². The highest BCUT2D eigenvalue weighted by Crippen LogP contribution is 2.18. The van der Waals surface area contributed by atoms with E-state index in [4.69, 9.17) is 5.73 Å². The zero-order chi connectivity index (χ0) is 13.5. The number of rotatable bonds is 6. The molecule has 100 valence electrons. The van der Waals surface area contributed by atoms with Crippen LogP contribution in [0, 0.1) is 5.92 Å². The van der Waals surface area contributed by atoms with Gasteiger partial charge in [-0.2, -0.15) is 0 Å². The van der Waals surface area contributed by atoms with Crippen LogP contribution in [0.1, 0.15) is 24.1 Å². The van der Waals surface area contributed by atoms with E-state index < -0.39 is 0 Å². The van der Waals surface area contributed by atoms with Gasteiger partial charge >= 0.3 is 0 Å². The lowest BCUT2D eigenvalue weighted by atomic mass is 9.95. The van der Waals surface area contributed by atoms with Crippen molar-refractivity contribution in [1.29, 1.82) is 0 Å². The van der Waals surface area contributed by atoms with Crippen LogP contribution in [0.2, 0.25) is 0 Å². The maximum Gasteiger partial charge on any atom is 0.0333 e. The summed E-state index contributed by atoms with van der Waals surface area (Å²) in [7, 11) is 0. The van der Waals surface area contributed by atoms with Crippen molar-refractivity contribution in [2.45, 2.75) is 19.5 Å². The van der Waals surface area contributed by atoms with E-state index in [1.807, 2.05) is 24.3 Å². The minimum absolute atomic E-state index is 0.0875. The lowest BCUT2D eigenvalue weighted by Crippen LogP contribution is -2.29. The predicted molar refractivity (Wildman–Crippen MR) is 80.7 cm³/mol. The van der Waals surface area contributed by atoms with Crippen LogP contribution in [0.3, 0.4) is 0 Å². The average molecular weight is 254 g/mol. The first-order valence-electron chi connectivity index (χ1n) is 6.82. The van der Waals surface area contributed by atoms with Crippen LogP contribution in [0.5, 0.6) is 0 Å². The molecule has 2 unspecified atom stereocenters. The Morgan fingerprint density at radius 1 is 0.947 bits per heavy atom. The highest BCUT2D eigenvalue weighted by Gasteiger charge is 2.13. The van der Waals surface area contributed by atoms with Crippen LogP contribution >= 0.6 is 0 Å². The number of nitrogens with one attached hydrogen (secondary N) is 1. The Bertz CT molecular complexity index is 467. The number of hydrogen-bond acceptors (Lipinski definition) is 2. The Kier molecular flexibility index (Phi) is 5.13. The molecule has 0 saturated heterocycles. The molecule has 0 spiro atoms. The third kappa shape index (κ3) is 4.19. The Morgan fingerprint density at radius 3 is 2.16 bits per heavy atom. The zero-order valence-corrected chi connectivity index (χ0v) is 11.4. The summed E-state index contributed by atoms with van der Waals surface area (Å²) in [4.78, 5) is 0. The van der Waals surface area contributed by atoms with Gasteiger partial charge < -0.3 is 11.1 Å². The molecule has 2 heteroatoms. The molecule has 0 aliphatic heterocycles. The molecule has 2 rings (SSSR count). The molecular weight excluding hydrogens is 232 g/mol. The van der Waals surface area contributed by atoms with E-state index in [1.165, 1.54) is 11.1 Å². The van der Waals surface area contributed by atoms with Gasteiger partial charge in [0.15, 0.2) is 0 Å². The first-order valence-corrected chi connectivity index (χ1v) is 6.82. The van der Waals surface area contributed by atoms with Crippen molar-refractivity contribution in [1.82, 2.24) is 5.32 Å². The molecule has 19 heavy (non-hydrogen) atoms. The lowest BCUT2D eigenvalue weighted by Gasteiger charge is -2.20. The second-order valence-corrected chi connectivity index (χ2v) is 5.03. The molecule has 0 fully saturated rings. The van der Waals surface area contributed by atoms with E-state index in [0.717, 1.165) is 13.1 Å². The first kappa shape index (κ1) is 13.8. The molecule has 0 saturated carbocycles. The van der Waals surface area contributed by atoms with Gasteiger partial charge in [0, 0.05) is 12.6 Å². The summed E-state index contributed by atoms with van der Waals surface area (Å²) >= 11 is 0. The number of hydrogen-bond donors (Lipinski definition) is 2. The van der Waals surface area contributed by atoms with Gasteiger partial charge in [0.05, 0.1) is 0 Å². The van der Waals surface area contributed by atoms with E-state index in [9.17, 15) is 0 Å². The topological polar surface area (TPSA) is 38.0 Å². The van der Waals surface area contributed by atoms with Crippen LogP contribution in [0.15, 0.2) is 60.7 Å². The van der Waals surface area contributed by atoms with E-state index in [-0.39, 0.29) is 6.04 Å². The summed E-state index contributed by atoms with van der Waals surface area (Å²) in [6.07, 6.45) is 0. The van der Waals surface area contributed by atoms with Gasteiger partial charge in [0.25, 0.3) is 0 Å². The van der Waals surface area contributed by atoms with Crippen LogP contribution in [0.25, 0.3) is 0 Å². The van der Waals surface area contributed by atoms with E-state index in [2.05, 4.69) is 48.6 Å². The second-order valence-electron chi connectivity index (χ2n) is 5.03. The third-order valence-corrected chi connectivity index (χ3v) is 3.44. The monoisotopic (exact) mass is 254 g/mol. The maximum atomic E-state index is 6.28. The highest BCUT2D eigenvalue weighted by molar-refractivity contribution is 5.19. The van der Waals surface area contributed by atoms with Gasteiger partial charge in [-0.1, -0.05) is 67.6 Å². The summed E-state index contributed by atoms with van der Waals surface area (Å²) in [5.74, 6) is 0.408. The molecule has 0 amide bonds. The number of nitrogens with two attached hydrogens (primary N) is 1. The lowest BCUT2D eigenvalue weighted by molar-refractivity contribution is 0.434. The van der Waals surface area contributed by atoms with Gasteiger partial charge in [-0.15, -0.1) is 0 Å². The quantitative estimate of drug-likeness (QED) is 0.831. The molecule has 0 aliphatic carbocycles. The number of benzene rings is 2. The minimum Gasteiger partial charge on any atom is -0.324 e. The zero-order valence-electron chi connectivity index (χ0n) is 11.4. The van der Waals surface area contributed by atoms with Crippen molar-refractivity contribution >= 4 is 0 Å². The molecule has 2 aromatic rings. The molecule has 0 aromatic heterocycles. The minimum atomic E-state index is 0.0875. The molecule has 2 aromatic carbocycles. The van der Waals surface area contributed by atoms with Crippen LogP contribution in [0.4, 0.5) is 0 Å². The van der Waals surface area contributed by atoms with E-state index >= 15 is 0 Å². The fourth-order valence-corrected chi connectivity index (χ4v) is 2.17. The standard InChI is InChI=1S/C17H22N2/c1-14(17(18)16-10-6-3-7-11-16)12-19-13-15-8-4-2-5-9-15/h2-11,14,17,19H,12-13,18H2,1H3. The van der Waals surface area contributed by atoms with Crippen molar-refractivity contribution in [3.8, 4) is 0 Å². The first-order chi connectivity index (χ1) is 9.27. The Morgan fingerprint density at radius 2 is 1.53 bits per heavy atom. The molecule has 0 heterocycles. The Labute approximate surface area is 115 Å². The highest BCUT2D eigenvalue weighted by atomic mass is 14.9. The summed E-state index contributed by atoms with van der Waals surface area (Å²) < 4.78 is 0. The third-order valence-electron chi connectivity index (χ3n) is 3.44. The van der Waals surface area contributed by atoms with Crippen molar-refractivity contribution < 1.29 is 0 Å². The average Bonchev–Trinajstić information content (AvgIpc) is 2.48. The van der Waals surface area contributed by atoms with Crippen molar-refractivity contribution in [3.05, 3.63) is 71.8 Å². The molecule has 0 radical (unpaired) electrons. The van der Waals surface area contributed by atoms with E-state index in [1.54, 1.807) is 0 Å². The fraction of sp³-hybridized carbons (Fsp3) is 0.294. The van der Waals surface area contributed by atoms with Gasteiger partial charge in [0.1, 0.15) is 0 Å². The van der Waals surface area contributed by atoms with Crippen molar-refractivity contribution in [2.75, 3.05) is 6.54 Å². The molecule has 2 nitrogen and oxygen atoms in total. The maximum absolute atomic E-state index is 6.28. The molecule has 0 aliphatic rings. The largest absolute Gasteiger partial charge is 0.324 e. The van der Waals surface area contributed by atoms with Crippen molar-refractivity contribution in [2.24, 2.45) is 11.7 Å². The molecule has 0 bridgehead atoms. The van der Waals surface area contributed by atoms with Crippen LogP contribution in [-0.4, -0.2) is 6.54 Å².